The zero-order chi connectivity index (χ0) is 21.8. The van der Waals surface area contributed by atoms with E-state index in [-0.39, 0.29) is 11.9 Å². The average Bonchev–Trinajstić information content (AvgIpc) is 3.06. The molecule has 0 saturated carbocycles. The molecule has 0 radical (unpaired) electrons. The number of rotatable bonds is 6. The Kier molecular flexibility index (Phi) is 6.09. The molecule has 31 heavy (non-hydrogen) atoms. The third kappa shape index (κ3) is 4.64. The summed E-state index contributed by atoms with van der Waals surface area (Å²) in [5.74, 6) is 0.652. The maximum Gasteiger partial charge on any atom is 0.256 e. The number of aromatic nitrogens is 2. The predicted molar refractivity (Wildman–Crippen MR) is 127 cm³/mol. The Bertz CT molecular complexity index is 1190. The van der Waals surface area contributed by atoms with Gasteiger partial charge in [0.25, 0.3) is 5.91 Å². The Labute approximate surface area is 186 Å². The van der Waals surface area contributed by atoms with Gasteiger partial charge in [-0.2, -0.15) is 0 Å². The molecule has 1 atom stereocenters. The fourth-order valence-corrected chi connectivity index (χ4v) is 4.58. The van der Waals surface area contributed by atoms with Gasteiger partial charge in [-0.15, -0.1) is 11.3 Å². The van der Waals surface area contributed by atoms with Crippen LogP contribution in [0.25, 0.3) is 0 Å². The van der Waals surface area contributed by atoms with Crippen LogP contribution in [-0.4, -0.2) is 15.9 Å². The van der Waals surface area contributed by atoms with Crippen LogP contribution in [0.15, 0.2) is 73.1 Å². The zero-order valence-electron chi connectivity index (χ0n) is 17.7. The lowest BCUT2D eigenvalue weighted by Crippen LogP contribution is -2.18. The van der Waals surface area contributed by atoms with Crippen LogP contribution in [0.4, 0.5) is 10.8 Å². The highest BCUT2D eigenvalue weighted by Gasteiger charge is 2.25. The van der Waals surface area contributed by atoms with E-state index in [2.05, 4.69) is 34.4 Å². The minimum atomic E-state index is -0.209. The molecule has 5 nitrogen and oxygen atoms in total. The fraction of sp³-hybridized carbons (Fsp3) is 0.160. The molecule has 0 unspecified atom stereocenters. The van der Waals surface area contributed by atoms with Crippen molar-refractivity contribution in [2.75, 3.05) is 10.6 Å². The highest BCUT2D eigenvalue weighted by atomic mass is 32.1. The van der Waals surface area contributed by atoms with Gasteiger partial charge in [-0.25, -0.2) is 4.98 Å². The molecule has 1 aromatic carbocycles. The number of benzene rings is 1. The van der Waals surface area contributed by atoms with Crippen LogP contribution in [0.2, 0.25) is 0 Å². The third-order valence-electron chi connectivity index (χ3n) is 5.18. The number of carbonyl (C=O) groups is 1. The topological polar surface area (TPSA) is 66.9 Å². The van der Waals surface area contributed by atoms with Crippen molar-refractivity contribution in [2.45, 2.75) is 26.8 Å². The second kappa shape index (κ2) is 9.10. The molecule has 3 heterocycles. The molecule has 4 aromatic rings. The Morgan fingerprint density at radius 2 is 1.77 bits per heavy atom. The zero-order valence-corrected chi connectivity index (χ0v) is 18.5. The molecular formula is C25H24N4OS. The molecule has 0 fully saturated rings. The standard InChI is InChI=1S/C25H24N4OS/c1-16-9-7-13-21(27-16)28-23(20-12-8-14-26-15-20)22-17(2)18(3)31-25(22)29-24(30)19-10-5-4-6-11-19/h4-15,23H,1-3H3,(H,27,28)(H,29,30)/t23-/m0/s1. The van der Waals surface area contributed by atoms with Gasteiger partial charge in [-0.05, 0) is 62.2 Å². The minimum Gasteiger partial charge on any atom is -0.359 e. The number of hydrogen-bond donors (Lipinski definition) is 2. The summed E-state index contributed by atoms with van der Waals surface area (Å²) < 4.78 is 0. The van der Waals surface area contributed by atoms with Crippen molar-refractivity contribution in [1.29, 1.82) is 0 Å². The molecular weight excluding hydrogens is 404 g/mol. The predicted octanol–water partition coefficient (Wildman–Crippen LogP) is 5.92. The van der Waals surface area contributed by atoms with E-state index in [0.717, 1.165) is 38.1 Å². The maximum atomic E-state index is 12.9. The molecule has 4 rings (SSSR count). The van der Waals surface area contributed by atoms with Crippen molar-refractivity contribution in [2.24, 2.45) is 0 Å². The van der Waals surface area contributed by atoms with Crippen LogP contribution in [0, 0.1) is 20.8 Å². The number of aryl methyl sites for hydroxylation is 2. The first-order chi connectivity index (χ1) is 15.0. The van der Waals surface area contributed by atoms with Gasteiger partial charge in [0.05, 0.1) is 6.04 Å². The largest absolute Gasteiger partial charge is 0.359 e. The van der Waals surface area contributed by atoms with Gasteiger partial charge in [0.15, 0.2) is 0 Å². The van der Waals surface area contributed by atoms with Crippen molar-refractivity contribution in [3.05, 3.63) is 106 Å². The number of anilines is 2. The van der Waals surface area contributed by atoms with Crippen LogP contribution in [0.5, 0.6) is 0 Å². The summed E-state index contributed by atoms with van der Waals surface area (Å²) in [6.45, 7) is 6.14. The molecule has 0 aliphatic rings. The summed E-state index contributed by atoms with van der Waals surface area (Å²) >= 11 is 1.59. The van der Waals surface area contributed by atoms with E-state index in [0.29, 0.717) is 5.56 Å². The number of thiophene rings is 1. The molecule has 0 aliphatic carbocycles. The van der Waals surface area contributed by atoms with Crippen molar-refractivity contribution in [3.8, 4) is 0 Å². The third-order valence-corrected chi connectivity index (χ3v) is 6.32. The summed E-state index contributed by atoms with van der Waals surface area (Å²) in [6, 6.07) is 18.9. The first-order valence-electron chi connectivity index (χ1n) is 10.1. The number of pyridine rings is 2. The SMILES string of the molecule is Cc1cccc(N[C@@H](c2cccnc2)c2c(NC(=O)c3ccccc3)sc(C)c2C)n1. The van der Waals surface area contributed by atoms with Crippen LogP contribution in [-0.2, 0) is 0 Å². The lowest BCUT2D eigenvalue weighted by atomic mass is 9.97. The lowest BCUT2D eigenvalue weighted by Gasteiger charge is -2.22. The van der Waals surface area contributed by atoms with E-state index in [4.69, 9.17) is 0 Å². The van der Waals surface area contributed by atoms with E-state index in [1.165, 1.54) is 0 Å². The van der Waals surface area contributed by atoms with Crippen LogP contribution in [0.3, 0.4) is 0 Å². The first-order valence-corrected chi connectivity index (χ1v) is 10.9. The molecule has 156 valence electrons. The number of hydrogen-bond acceptors (Lipinski definition) is 5. The quantitative estimate of drug-likeness (QED) is 0.400. The summed E-state index contributed by atoms with van der Waals surface area (Å²) in [4.78, 5) is 23.0. The van der Waals surface area contributed by atoms with Gasteiger partial charge in [-0.3, -0.25) is 9.78 Å². The van der Waals surface area contributed by atoms with Crippen molar-refractivity contribution >= 4 is 28.1 Å². The summed E-state index contributed by atoms with van der Waals surface area (Å²) in [6.07, 6.45) is 3.61. The Balaban J connectivity index is 1.76. The normalized spacial score (nSPS) is 11.7. The van der Waals surface area contributed by atoms with Gasteiger partial charge in [0.2, 0.25) is 0 Å². The van der Waals surface area contributed by atoms with E-state index in [9.17, 15) is 4.79 Å². The smallest absolute Gasteiger partial charge is 0.256 e. The van der Waals surface area contributed by atoms with Gasteiger partial charge >= 0.3 is 0 Å². The molecule has 2 N–H and O–H groups in total. The monoisotopic (exact) mass is 428 g/mol. The molecule has 6 heteroatoms. The second-order valence-electron chi connectivity index (χ2n) is 7.37. The van der Waals surface area contributed by atoms with Crippen LogP contribution < -0.4 is 10.6 Å². The Morgan fingerprint density at radius 3 is 2.48 bits per heavy atom. The van der Waals surface area contributed by atoms with Crippen molar-refractivity contribution < 1.29 is 4.79 Å². The number of nitrogens with zero attached hydrogens (tertiary/aromatic N) is 2. The maximum absolute atomic E-state index is 12.9. The lowest BCUT2D eigenvalue weighted by molar-refractivity contribution is 0.102. The molecule has 1 amide bonds. The highest BCUT2D eigenvalue weighted by Crippen LogP contribution is 2.40. The molecule has 3 aromatic heterocycles. The number of nitrogens with one attached hydrogen (secondary N) is 2. The number of amides is 1. The average molecular weight is 429 g/mol. The van der Waals surface area contributed by atoms with Crippen molar-refractivity contribution in [1.82, 2.24) is 9.97 Å². The van der Waals surface area contributed by atoms with Crippen molar-refractivity contribution in [3.63, 3.8) is 0 Å². The van der Waals surface area contributed by atoms with E-state index >= 15 is 0 Å². The summed E-state index contributed by atoms with van der Waals surface area (Å²) in [5.41, 5.74) is 4.74. The Morgan fingerprint density at radius 1 is 0.968 bits per heavy atom. The van der Waals surface area contributed by atoms with Gasteiger partial charge in [0, 0.05) is 34.1 Å². The molecule has 0 aliphatic heterocycles. The summed E-state index contributed by atoms with van der Waals surface area (Å²) in [7, 11) is 0. The van der Waals surface area contributed by atoms with Crippen LogP contribution in [0.1, 0.15) is 43.7 Å². The Hall–Kier alpha value is -3.51. The second-order valence-corrected chi connectivity index (χ2v) is 8.60. The molecule has 0 saturated heterocycles. The van der Waals surface area contributed by atoms with E-state index in [1.807, 2.05) is 73.8 Å². The van der Waals surface area contributed by atoms with Gasteiger partial charge in [0.1, 0.15) is 10.8 Å². The highest BCUT2D eigenvalue weighted by molar-refractivity contribution is 7.16. The molecule has 0 bridgehead atoms. The van der Waals surface area contributed by atoms with Gasteiger partial charge in [-0.1, -0.05) is 30.3 Å². The van der Waals surface area contributed by atoms with E-state index in [1.54, 1.807) is 17.5 Å². The number of carbonyl (C=O) groups excluding carboxylic acids is 1. The van der Waals surface area contributed by atoms with E-state index < -0.39 is 0 Å². The molecule has 0 spiro atoms. The fourth-order valence-electron chi connectivity index (χ4n) is 3.49. The van der Waals surface area contributed by atoms with Crippen LogP contribution >= 0.6 is 11.3 Å². The first kappa shape index (κ1) is 20.8. The minimum absolute atomic E-state index is 0.123. The summed E-state index contributed by atoms with van der Waals surface area (Å²) in [5, 5.41) is 7.53. The van der Waals surface area contributed by atoms with Gasteiger partial charge < -0.3 is 10.6 Å².